The first-order valence-corrected chi connectivity index (χ1v) is 16.0. The van der Waals surface area contributed by atoms with E-state index in [1.807, 2.05) is 48.5 Å². The Morgan fingerprint density at radius 2 is 0.755 bits per heavy atom. The van der Waals surface area contributed by atoms with E-state index in [0.29, 0.717) is 22.6 Å². The molecule has 0 saturated carbocycles. The molecule has 0 aliphatic heterocycles. The third kappa shape index (κ3) is 5.91. The number of carbonyl (C=O) groups excluding carboxylic acids is 1. The lowest BCUT2D eigenvalue weighted by Crippen LogP contribution is -2.38. The zero-order chi connectivity index (χ0) is 37.4. The molecule has 4 N–H and O–H groups in total. The van der Waals surface area contributed by atoms with Crippen molar-refractivity contribution in [3.63, 3.8) is 0 Å². The Bertz CT molecular complexity index is 2310. The Kier molecular flexibility index (Phi) is 8.52. The molecule has 0 heterocycles. The van der Waals surface area contributed by atoms with Gasteiger partial charge in [0.1, 0.15) is 23.0 Å². The van der Waals surface area contributed by atoms with Gasteiger partial charge < -0.3 is 29.9 Å². The van der Waals surface area contributed by atoms with E-state index >= 15 is 0 Å². The van der Waals surface area contributed by atoms with Crippen molar-refractivity contribution in [3.05, 3.63) is 189 Å². The number of ketones is 1. The van der Waals surface area contributed by atoms with E-state index in [-0.39, 0.29) is 28.4 Å². The van der Waals surface area contributed by atoms with E-state index in [4.69, 9.17) is 9.47 Å². The van der Waals surface area contributed by atoms with Crippen molar-refractivity contribution in [2.75, 3.05) is 0 Å². The maximum atomic E-state index is 13.9. The normalized spacial score (nSPS) is 12.6. The highest BCUT2D eigenvalue weighted by Crippen LogP contribution is 2.51. The number of carboxylic acid groups (broad SMARTS) is 4. The summed E-state index contributed by atoms with van der Waals surface area (Å²) in [7, 11) is 0. The van der Waals surface area contributed by atoms with E-state index in [1.165, 1.54) is 24.3 Å². The van der Waals surface area contributed by atoms with Gasteiger partial charge in [0.25, 0.3) is 0 Å². The van der Waals surface area contributed by atoms with Crippen LogP contribution >= 0.6 is 0 Å². The average Bonchev–Trinajstić information content (AvgIpc) is 3.16. The van der Waals surface area contributed by atoms with Crippen LogP contribution in [0.1, 0.15) is 79.6 Å². The lowest BCUT2D eigenvalue weighted by Gasteiger charge is -2.41. The molecule has 0 aromatic heterocycles. The van der Waals surface area contributed by atoms with Gasteiger partial charge in [-0.05, 0) is 82.9 Å². The zero-order valence-electron chi connectivity index (χ0n) is 27.3. The highest BCUT2D eigenvalue weighted by Gasteiger charge is 2.46. The van der Waals surface area contributed by atoms with Gasteiger partial charge in [-0.1, -0.05) is 72.8 Å². The maximum absolute atomic E-state index is 13.9. The van der Waals surface area contributed by atoms with Gasteiger partial charge in [-0.3, -0.25) is 4.79 Å². The fourth-order valence-corrected chi connectivity index (χ4v) is 6.81. The second kappa shape index (κ2) is 13.3. The van der Waals surface area contributed by atoms with Crippen LogP contribution in [0.3, 0.4) is 0 Å². The van der Waals surface area contributed by atoms with E-state index in [9.17, 15) is 44.4 Å². The minimum atomic E-state index is -1.41. The summed E-state index contributed by atoms with van der Waals surface area (Å²) in [5.41, 5.74) is 1.34. The summed E-state index contributed by atoms with van der Waals surface area (Å²) in [4.78, 5) is 60.4. The van der Waals surface area contributed by atoms with Crippen molar-refractivity contribution in [2.24, 2.45) is 0 Å². The molecule has 0 amide bonds. The molecule has 7 rings (SSSR count). The van der Waals surface area contributed by atoms with Crippen LogP contribution in [0.4, 0.5) is 0 Å². The summed E-state index contributed by atoms with van der Waals surface area (Å²) in [6.45, 7) is 0. The van der Waals surface area contributed by atoms with E-state index < -0.39 is 40.4 Å². The Morgan fingerprint density at radius 3 is 1.11 bits per heavy atom. The highest BCUT2D eigenvalue weighted by atomic mass is 16.5. The Hall–Kier alpha value is -7.53. The molecule has 6 aromatic rings. The minimum Gasteiger partial charge on any atom is -0.478 e. The van der Waals surface area contributed by atoms with E-state index in [1.54, 1.807) is 48.5 Å². The number of hydrogen-bond donors (Lipinski definition) is 4. The molecule has 0 unspecified atom stereocenters. The molecule has 1 aliphatic rings. The van der Waals surface area contributed by atoms with Gasteiger partial charge in [-0.15, -0.1) is 0 Å². The second-order valence-corrected chi connectivity index (χ2v) is 12.1. The molecule has 260 valence electrons. The second-order valence-electron chi connectivity index (χ2n) is 12.1. The van der Waals surface area contributed by atoms with Crippen molar-refractivity contribution in [3.8, 4) is 23.0 Å². The molecule has 0 saturated heterocycles. The summed E-state index contributed by atoms with van der Waals surface area (Å²) in [6, 6.07) is 36.2. The molecule has 11 nitrogen and oxygen atoms in total. The number of rotatable bonds is 10. The fraction of sp³-hybridized carbons (Fsp3) is 0.0238. The summed E-state index contributed by atoms with van der Waals surface area (Å²) >= 11 is 0. The van der Waals surface area contributed by atoms with Crippen LogP contribution in [0.5, 0.6) is 23.0 Å². The first-order chi connectivity index (χ1) is 25.5. The van der Waals surface area contributed by atoms with Gasteiger partial charge in [-0.25, -0.2) is 19.2 Å². The minimum absolute atomic E-state index is 0.123. The number of hydrogen-bond acceptors (Lipinski definition) is 7. The number of carbonyl (C=O) groups is 5. The van der Waals surface area contributed by atoms with Crippen molar-refractivity contribution in [1.29, 1.82) is 0 Å². The molecular formula is C42H26O11. The van der Waals surface area contributed by atoms with Gasteiger partial charge in [0.2, 0.25) is 0 Å². The lowest BCUT2D eigenvalue weighted by molar-refractivity contribution is 0.0651. The standard InChI is InChI=1S/C42H26O11/c43-37-31-5-1-3-7-35(31)42(36-8-4-2-6-32(36)37,23-9-13-25(14-10-23)52-27-17-19-29(38(44)45)33(21-27)40(48)49)24-11-15-26(16-12-24)53-28-18-20-30(39(46)47)34(22-28)41(50)51/h1-22H,(H,44,45)(H,46,47)(H,48,49)(H,50,51). The van der Waals surface area contributed by atoms with Crippen molar-refractivity contribution < 1.29 is 53.9 Å². The number of carboxylic acids is 4. The van der Waals surface area contributed by atoms with Crippen molar-refractivity contribution in [1.82, 2.24) is 0 Å². The molecular weight excluding hydrogens is 680 g/mol. The average molecular weight is 707 g/mol. The third-order valence-corrected chi connectivity index (χ3v) is 9.10. The van der Waals surface area contributed by atoms with Gasteiger partial charge >= 0.3 is 23.9 Å². The third-order valence-electron chi connectivity index (χ3n) is 9.10. The van der Waals surface area contributed by atoms with Gasteiger partial charge in [0, 0.05) is 11.1 Å². The monoisotopic (exact) mass is 706 g/mol. The molecule has 0 spiro atoms. The van der Waals surface area contributed by atoms with Gasteiger partial charge in [-0.2, -0.15) is 0 Å². The molecule has 0 radical (unpaired) electrons. The summed E-state index contributed by atoms with van der Waals surface area (Å²) in [5, 5.41) is 37.9. The molecule has 0 bridgehead atoms. The fourth-order valence-electron chi connectivity index (χ4n) is 6.81. The van der Waals surface area contributed by atoms with Crippen LogP contribution in [0, 0.1) is 0 Å². The number of aromatic carboxylic acids is 4. The molecule has 1 aliphatic carbocycles. The van der Waals surface area contributed by atoms with Crippen LogP contribution in [0.2, 0.25) is 0 Å². The van der Waals surface area contributed by atoms with E-state index in [0.717, 1.165) is 34.4 Å². The quantitative estimate of drug-likeness (QED) is 0.108. The zero-order valence-corrected chi connectivity index (χ0v) is 27.3. The number of benzene rings is 6. The first-order valence-electron chi connectivity index (χ1n) is 16.0. The number of fused-ring (bicyclic) bond motifs is 2. The summed E-state index contributed by atoms with van der Waals surface area (Å²) < 4.78 is 11.9. The van der Waals surface area contributed by atoms with Crippen molar-refractivity contribution in [2.45, 2.75) is 5.41 Å². The summed E-state index contributed by atoms with van der Waals surface area (Å²) in [6.07, 6.45) is 0. The molecule has 0 atom stereocenters. The van der Waals surface area contributed by atoms with Crippen LogP contribution in [0.15, 0.2) is 133 Å². The van der Waals surface area contributed by atoms with Crippen LogP contribution in [-0.4, -0.2) is 50.1 Å². The summed E-state index contributed by atoms with van der Waals surface area (Å²) in [5.74, 6) is -4.78. The maximum Gasteiger partial charge on any atom is 0.336 e. The predicted molar refractivity (Wildman–Crippen MR) is 189 cm³/mol. The van der Waals surface area contributed by atoms with Gasteiger partial charge in [0.05, 0.1) is 27.7 Å². The topological polar surface area (TPSA) is 185 Å². The van der Waals surface area contributed by atoms with E-state index in [2.05, 4.69) is 0 Å². The highest BCUT2D eigenvalue weighted by molar-refractivity contribution is 6.14. The SMILES string of the molecule is O=C(O)c1ccc(Oc2ccc(C3(c4ccc(Oc5ccc(C(=O)O)c(C(=O)O)c5)cc4)c4ccccc4C(=O)c4ccccc43)cc2)cc1C(=O)O. The van der Waals surface area contributed by atoms with Crippen LogP contribution in [0.25, 0.3) is 0 Å². The molecule has 53 heavy (non-hydrogen) atoms. The number of ether oxygens (including phenoxy) is 2. The van der Waals surface area contributed by atoms with Crippen LogP contribution in [-0.2, 0) is 5.41 Å². The van der Waals surface area contributed by atoms with Crippen molar-refractivity contribution >= 4 is 29.7 Å². The smallest absolute Gasteiger partial charge is 0.336 e. The van der Waals surface area contributed by atoms with Gasteiger partial charge in [0.15, 0.2) is 5.78 Å². The lowest BCUT2D eigenvalue weighted by atomic mass is 9.59. The predicted octanol–water partition coefficient (Wildman–Crippen LogP) is 7.99. The Labute approximate surface area is 300 Å². The van der Waals surface area contributed by atoms with Crippen LogP contribution < -0.4 is 9.47 Å². The first kappa shape index (κ1) is 33.9. The molecule has 6 aromatic carbocycles. The largest absolute Gasteiger partial charge is 0.478 e. The molecule has 11 heteroatoms. The molecule has 0 fully saturated rings. The Morgan fingerprint density at radius 1 is 0.415 bits per heavy atom. The Balaban J connectivity index is 1.33.